The molecule has 238 valence electrons. The Hall–Kier alpha value is -4.81. The van der Waals surface area contributed by atoms with Crippen LogP contribution in [0.1, 0.15) is 31.9 Å². The fourth-order valence-electron chi connectivity index (χ4n) is 5.15. The lowest BCUT2D eigenvalue weighted by Gasteiger charge is -2.25. The second-order valence-corrected chi connectivity index (χ2v) is 14.5. The highest BCUT2D eigenvalue weighted by Gasteiger charge is 2.22. The Morgan fingerprint density at radius 1 is 0.804 bits per heavy atom. The van der Waals surface area contributed by atoms with Gasteiger partial charge in [0.1, 0.15) is 28.8 Å². The van der Waals surface area contributed by atoms with E-state index in [0.717, 1.165) is 38.6 Å². The molecule has 0 spiro atoms. The van der Waals surface area contributed by atoms with Crippen LogP contribution in [0, 0.1) is 6.92 Å². The zero-order chi connectivity index (χ0) is 33.0. The third-order valence-corrected chi connectivity index (χ3v) is 8.94. The van der Waals surface area contributed by atoms with Gasteiger partial charge in [-0.25, -0.2) is 9.78 Å². The lowest BCUT2D eigenvalue weighted by atomic mass is 9.86. The second-order valence-electron chi connectivity index (χ2n) is 12.2. The molecule has 1 heterocycles. The Balaban J connectivity index is 1.38. The Morgan fingerprint density at radius 3 is 2.24 bits per heavy atom. The molecule has 0 radical (unpaired) electrons. The molecule has 0 bridgehead atoms. The number of methoxy groups -OCH3 is 2. The van der Waals surface area contributed by atoms with Crippen molar-refractivity contribution in [3.8, 4) is 23.0 Å². The molecule has 0 aliphatic rings. The van der Waals surface area contributed by atoms with Crippen LogP contribution in [0.5, 0.6) is 23.0 Å². The van der Waals surface area contributed by atoms with Crippen LogP contribution in [-0.2, 0) is 5.41 Å². The topological polar surface area (TPSA) is 93.7 Å². The molecule has 4 aromatic carbocycles. The van der Waals surface area contributed by atoms with Gasteiger partial charge in [0.2, 0.25) is 0 Å². The molecular weight excluding hydrogens is 595 g/mol. The van der Waals surface area contributed by atoms with Gasteiger partial charge in [0.15, 0.2) is 0 Å². The minimum Gasteiger partial charge on any atom is -0.496 e. The zero-order valence-corrected chi connectivity index (χ0v) is 28.5. The predicted molar refractivity (Wildman–Crippen MR) is 192 cm³/mol. The van der Waals surface area contributed by atoms with Crippen molar-refractivity contribution >= 4 is 52.9 Å². The van der Waals surface area contributed by atoms with Crippen LogP contribution >= 0.6 is 7.92 Å². The Bertz CT molecular complexity index is 1880. The number of rotatable bonds is 9. The normalized spacial score (nSPS) is 11.3. The summed E-state index contributed by atoms with van der Waals surface area (Å²) < 4.78 is 17.6. The Kier molecular flexibility index (Phi) is 9.68. The molecule has 2 amide bonds. The average molecular weight is 637 g/mol. The van der Waals surface area contributed by atoms with E-state index in [0.29, 0.717) is 34.4 Å². The van der Waals surface area contributed by atoms with E-state index in [-0.39, 0.29) is 11.4 Å². The molecule has 5 rings (SSSR count). The summed E-state index contributed by atoms with van der Waals surface area (Å²) >= 11 is 0. The van der Waals surface area contributed by atoms with Crippen LogP contribution in [0.3, 0.4) is 0 Å². The number of aromatic nitrogens is 1. The third-order valence-electron chi connectivity index (χ3n) is 7.64. The lowest BCUT2D eigenvalue weighted by Crippen LogP contribution is -2.23. The van der Waals surface area contributed by atoms with Crippen molar-refractivity contribution in [1.29, 1.82) is 0 Å². The van der Waals surface area contributed by atoms with Crippen LogP contribution in [0.4, 0.5) is 27.7 Å². The van der Waals surface area contributed by atoms with Gasteiger partial charge in [0, 0.05) is 40.1 Å². The first-order chi connectivity index (χ1) is 22.0. The summed E-state index contributed by atoms with van der Waals surface area (Å²) in [6, 6.07) is 24.9. The maximum atomic E-state index is 13.4. The molecule has 0 unspecified atom stereocenters. The molecule has 0 atom stereocenters. The van der Waals surface area contributed by atoms with Crippen LogP contribution in [-0.4, -0.2) is 38.6 Å². The summed E-state index contributed by atoms with van der Waals surface area (Å²) in [5.74, 6) is 3.40. The molecule has 8 nitrogen and oxygen atoms in total. The largest absolute Gasteiger partial charge is 0.496 e. The number of amides is 2. The van der Waals surface area contributed by atoms with Gasteiger partial charge in [-0.1, -0.05) is 59.0 Å². The molecule has 9 heteroatoms. The van der Waals surface area contributed by atoms with Gasteiger partial charge in [0.25, 0.3) is 0 Å². The maximum absolute atomic E-state index is 13.4. The number of urea groups is 1. The van der Waals surface area contributed by atoms with Gasteiger partial charge < -0.3 is 30.2 Å². The standard InChI is InChI=1S/C37H41N4O4P/c1-23-13-14-25(21-32(23)43-5)39-34-22-26(17-18-38-34)45-31-16-15-29(27-11-9-10-12-28(27)31)40-36(42)41-30-19-24(37(2,3)4)20-33(46(7)8)35(30)44-6/h9-22H,1-8H3,(H,38,39)(H2,40,41,42). The number of hydrogen-bond acceptors (Lipinski definition) is 6. The Morgan fingerprint density at radius 2 is 1.54 bits per heavy atom. The summed E-state index contributed by atoms with van der Waals surface area (Å²) in [7, 11) is 2.83. The molecule has 0 saturated carbocycles. The number of fused-ring (bicyclic) bond motifs is 1. The van der Waals surface area contributed by atoms with E-state index in [9.17, 15) is 4.79 Å². The highest BCUT2D eigenvalue weighted by atomic mass is 31.1. The van der Waals surface area contributed by atoms with Crippen LogP contribution < -0.4 is 35.5 Å². The van der Waals surface area contributed by atoms with E-state index < -0.39 is 7.92 Å². The third kappa shape index (κ3) is 7.35. The van der Waals surface area contributed by atoms with Crippen LogP contribution in [0.2, 0.25) is 0 Å². The number of hydrogen-bond donors (Lipinski definition) is 3. The average Bonchev–Trinajstić information content (AvgIpc) is 3.02. The van der Waals surface area contributed by atoms with Crippen molar-refractivity contribution in [3.63, 3.8) is 0 Å². The van der Waals surface area contributed by atoms with E-state index in [4.69, 9.17) is 14.2 Å². The zero-order valence-electron chi connectivity index (χ0n) is 27.6. The molecule has 0 fully saturated rings. The monoisotopic (exact) mass is 636 g/mol. The van der Waals surface area contributed by atoms with Crippen LogP contribution in [0.15, 0.2) is 85.1 Å². The number of anilines is 4. The molecule has 5 aromatic rings. The molecule has 0 saturated heterocycles. The van der Waals surface area contributed by atoms with Crippen molar-refractivity contribution in [2.45, 2.75) is 33.1 Å². The number of carbonyl (C=O) groups is 1. The summed E-state index contributed by atoms with van der Waals surface area (Å²) in [4.78, 5) is 17.9. The van der Waals surface area contributed by atoms with Gasteiger partial charge in [0.05, 0.1) is 25.6 Å². The van der Waals surface area contributed by atoms with Crippen molar-refractivity contribution in [2.75, 3.05) is 43.5 Å². The highest BCUT2D eigenvalue weighted by Crippen LogP contribution is 2.39. The van der Waals surface area contributed by atoms with Crippen molar-refractivity contribution in [1.82, 2.24) is 4.98 Å². The number of benzene rings is 4. The fourth-order valence-corrected chi connectivity index (χ4v) is 6.16. The lowest BCUT2D eigenvalue weighted by molar-refractivity contribution is 0.262. The number of aryl methyl sites for hydroxylation is 1. The summed E-state index contributed by atoms with van der Waals surface area (Å²) in [6.07, 6.45) is 1.69. The maximum Gasteiger partial charge on any atom is 0.323 e. The van der Waals surface area contributed by atoms with Crippen molar-refractivity contribution in [3.05, 3.63) is 96.2 Å². The van der Waals surface area contributed by atoms with Crippen LogP contribution in [0.25, 0.3) is 10.8 Å². The van der Waals surface area contributed by atoms with E-state index in [1.54, 1.807) is 26.5 Å². The van der Waals surface area contributed by atoms with Gasteiger partial charge in [-0.2, -0.15) is 0 Å². The first kappa shape index (κ1) is 32.6. The molecule has 3 N–H and O–H groups in total. The fraction of sp³-hybridized carbons (Fsp3) is 0.243. The SMILES string of the molecule is COc1cc(Nc2cc(Oc3ccc(NC(=O)Nc4cc(C(C)(C)C)cc(P(C)C)c4OC)c4ccccc34)ccn2)ccc1C. The number of ether oxygens (including phenoxy) is 3. The number of pyridine rings is 1. The molecule has 0 aliphatic heterocycles. The van der Waals surface area contributed by atoms with Gasteiger partial charge in [-0.3, -0.25) is 0 Å². The molecule has 0 aliphatic carbocycles. The summed E-state index contributed by atoms with van der Waals surface area (Å²) in [6.45, 7) is 12.9. The second kappa shape index (κ2) is 13.7. The number of nitrogens with one attached hydrogen (secondary N) is 3. The van der Waals surface area contributed by atoms with Gasteiger partial charge >= 0.3 is 6.03 Å². The minimum atomic E-state index is -0.466. The summed E-state index contributed by atoms with van der Waals surface area (Å²) in [5, 5.41) is 12.2. The van der Waals surface area contributed by atoms with Gasteiger partial charge in [-0.15, -0.1) is 0 Å². The van der Waals surface area contributed by atoms with Crippen molar-refractivity contribution < 1.29 is 19.0 Å². The first-order valence-corrected chi connectivity index (χ1v) is 17.3. The first-order valence-electron chi connectivity index (χ1n) is 15.0. The van der Waals surface area contributed by atoms with E-state index in [1.807, 2.05) is 73.7 Å². The predicted octanol–water partition coefficient (Wildman–Crippen LogP) is 9.40. The van der Waals surface area contributed by atoms with E-state index >= 15 is 0 Å². The number of carbonyl (C=O) groups excluding carboxylic acids is 1. The minimum absolute atomic E-state index is 0.0921. The van der Waals surface area contributed by atoms with Crippen molar-refractivity contribution in [2.24, 2.45) is 0 Å². The quantitative estimate of drug-likeness (QED) is 0.140. The Labute approximate surface area is 272 Å². The molecular formula is C37H41N4O4P. The van der Waals surface area contributed by atoms with Gasteiger partial charge in [-0.05, 0) is 73.2 Å². The molecule has 1 aromatic heterocycles. The molecule has 46 heavy (non-hydrogen) atoms. The van der Waals surface area contributed by atoms with E-state index in [2.05, 4.69) is 61.1 Å². The number of nitrogens with zero attached hydrogens (tertiary/aromatic N) is 1. The smallest absolute Gasteiger partial charge is 0.323 e. The summed E-state index contributed by atoms with van der Waals surface area (Å²) in [5.41, 5.74) is 4.26. The van der Waals surface area contributed by atoms with E-state index in [1.165, 1.54) is 0 Å². The highest BCUT2D eigenvalue weighted by molar-refractivity contribution is 7.64.